The summed E-state index contributed by atoms with van der Waals surface area (Å²) in [6.45, 7) is -5.65. The van der Waals surface area contributed by atoms with Crippen LogP contribution in [0.2, 0.25) is 0 Å². The normalized spacial score (nSPS) is 14.0. The quantitative estimate of drug-likeness (QED) is 0.103. The first kappa shape index (κ1) is 39.0. The Balaban J connectivity index is 2.87. The minimum Gasteiger partial charge on any atom is -0.486 e. The van der Waals surface area contributed by atoms with E-state index in [9.17, 15) is 61.5 Å². The second-order valence-corrected chi connectivity index (χ2v) is 9.84. The van der Waals surface area contributed by atoms with Crippen LogP contribution in [-0.2, 0) is 15.9 Å². The molecule has 0 spiro atoms. The average molecular weight is 659 g/mol. The Hall–Kier alpha value is -2.04. The number of alkyl halides is 14. The molecular weight excluding hydrogens is 626 g/mol. The summed E-state index contributed by atoms with van der Waals surface area (Å²) in [7, 11) is 0. The first-order valence-corrected chi connectivity index (χ1v) is 13.1. The van der Waals surface area contributed by atoms with Gasteiger partial charge in [-0.1, -0.05) is 57.6 Å². The second-order valence-electron chi connectivity index (χ2n) is 9.84. The molecule has 0 unspecified atom stereocenters. The third-order valence-electron chi connectivity index (χ3n) is 6.10. The summed E-state index contributed by atoms with van der Waals surface area (Å²) in [6.07, 6.45) is -7.28. The van der Waals surface area contributed by atoms with Crippen LogP contribution in [0.15, 0.2) is 24.3 Å². The lowest BCUT2D eigenvalue weighted by Gasteiger charge is -2.29. The molecule has 0 bridgehead atoms. The van der Waals surface area contributed by atoms with Crippen molar-refractivity contribution in [2.24, 2.45) is 0 Å². The number of hydrogen-bond acceptors (Lipinski definition) is 3. The summed E-state index contributed by atoms with van der Waals surface area (Å²) >= 11 is 0. The lowest BCUT2D eigenvalue weighted by Crippen LogP contribution is -2.55. The van der Waals surface area contributed by atoms with E-state index in [1.165, 1.54) is 12.1 Å². The molecule has 1 aromatic rings. The smallest absolute Gasteiger partial charge is 0.459 e. The van der Waals surface area contributed by atoms with Gasteiger partial charge in [-0.2, -0.15) is 61.5 Å². The first-order chi connectivity index (χ1) is 19.6. The summed E-state index contributed by atoms with van der Waals surface area (Å²) in [5, 5.41) is 0. The number of hydrogen-bond donors (Lipinski definition) is 0. The van der Waals surface area contributed by atoms with Crippen molar-refractivity contribution in [3.63, 3.8) is 0 Å². The van der Waals surface area contributed by atoms with Gasteiger partial charge in [-0.05, 0) is 30.5 Å². The van der Waals surface area contributed by atoms with E-state index in [0.717, 1.165) is 50.5 Å². The molecule has 0 radical (unpaired) electrons. The maximum atomic E-state index is 13.5. The van der Waals surface area contributed by atoms with Crippen molar-refractivity contribution >= 4 is 0 Å². The van der Waals surface area contributed by atoms with E-state index in [0.29, 0.717) is 6.42 Å². The molecule has 0 aliphatic heterocycles. The van der Waals surface area contributed by atoms with Gasteiger partial charge in [0.25, 0.3) is 0 Å². The van der Waals surface area contributed by atoms with Gasteiger partial charge in [0.1, 0.15) is 25.1 Å². The molecule has 1 aromatic carbocycles. The van der Waals surface area contributed by atoms with Crippen LogP contribution in [0, 0.1) is 0 Å². The zero-order valence-corrected chi connectivity index (χ0v) is 22.9. The van der Waals surface area contributed by atoms with Crippen molar-refractivity contribution in [2.75, 3.05) is 26.4 Å². The molecule has 0 fully saturated rings. The van der Waals surface area contributed by atoms with Crippen molar-refractivity contribution < 1.29 is 75.7 Å². The Morgan fingerprint density at radius 3 is 1.35 bits per heavy atom. The molecule has 0 saturated heterocycles. The molecule has 0 aromatic heterocycles. The predicted molar refractivity (Wildman–Crippen MR) is 126 cm³/mol. The molecule has 0 N–H and O–H groups in total. The second kappa shape index (κ2) is 15.8. The van der Waals surface area contributed by atoms with Crippen LogP contribution in [-0.4, -0.2) is 68.6 Å². The average Bonchev–Trinajstić information content (AvgIpc) is 2.87. The van der Waals surface area contributed by atoms with Gasteiger partial charge >= 0.3 is 36.0 Å². The molecule has 0 amide bonds. The van der Waals surface area contributed by atoms with Crippen molar-refractivity contribution in [1.29, 1.82) is 0 Å². The van der Waals surface area contributed by atoms with Gasteiger partial charge in [0, 0.05) is 0 Å². The fraction of sp³-hybridized carbons (Fsp3) is 0.769. The number of aryl methyl sites for hydroxylation is 1. The lowest BCUT2D eigenvalue weighted by atomic mass is 10.0. The third kappa shape index (κ3) is 11.4. The number of unbranched alkanes of at least 4 members (excludes halogenated alkanes) is 6. The standard InChI is InChI=1S/C26H32F14O3/c1-2-3-4-5-6-7-8-9-18-10-12-19(13-11-18)43-20(14-41-16-21(27,28)23(31,32)25(35,36)37)15-42-17-22(29,30)24(33,34)26(38,39)40/h10-13,20H,2-9,14-17H2,1H3. The Morgan fingerprint density at radius 2 is 0.953 bits per heavy atom. The molecule has 17 heteroatoms. The van der Waals surface area contributed by atoms with Crippen LogP contribution in [0.1, 0.15) is 57.4 Å². The van der Waals surface area contributed by atoms with Gasteiger partial charge in [0.15, 0.2) is 0 Å². The first-order valence-electron chi connectivity index (χ1n) is 13.1. The fourth-order valence-electron chi connectivity index (χ4n) is 3.56. The van der Waals surface area contributed by atoms with Crippen LogP contribution in [0.3, 0.4) is 0 Å². The van der Waals surface area contributed by atoms with E-state index in [1.54, 1.807) is 12.1 Å². The Labute approximate surface area is 238 Å². The molecule has 252 valence electrons. The molecule has 0 saturated carbocycles. The summed E-state index contributed by atoms with van der Waals surface area (Å²) in [6, 6.07) is 5.67. The van der Waals surface area contributed by atoms with Gasteiger partial charge in [0.05, 0.1) is 13.2 Å². The highest BCUT2D eigenvalue weighted by Crippen LogP contribution is 2.47. The molecule has 0 heterocycles. The Morgan fingerprint density at radius 1 is 0.558 bits per heavy atom. The largest absolute Gasteiger partial charge is 0.486 e. The number of rotatable bonds is 20. The van der Waals surface area contributed by atoms with E-state index in [4.69, 9.17) is 4.74 Å². The van der Waals surface area contributed by atoms with Gasteiger partial charge in [-0.25, -0.2) is 0 Å². The third-order valence-corrected chi connectivity index (χ3v) is 6.10. The van der Waals surface area contributed by atoms with Crippen LogP contribution < -0.4 is 4.74 Å². The Kier molecular flexibility index (Phi) is 14.3. The number of benzene rings is 1. The van der Waals surface area contributed by atoms with Gasteiger partial charge in [-0.15, -0.1) is 0 Å². The van der Waals surface area contributed by atoms with E-state index in [1.807, 2.05) is 0 Å². The zero-order valence-electron chi connectivity index (χ0n) is 22.9. The lowest BCUT2D eigenvalue weighted by molar-refractivity contribution is -0.362. The molecule has 43 heavy (non-hydrogen) atoms. The van der Waals surface area contributed by atoms with Crippen LogP contribution in [0.25, 0.3) is 0 Å². The van der Waals surface area contributed by atoms with Crippen LogP contribution >= 0.6 is 0 Å². The predicted octanol–water partition coefficient (Wildman–Crippen LogP) is 9.43. The van der Waals surface area contributed by atoms with E-state index in [2.05, 4.69) is 16.4 Å². The monoisotopic (exact) mass is 658 g/mol. The van der Waals surface area contributed by atoms with Crippen molar-refractivity contribution in [2.45, 2.75) is 100 Å². The molecule has 3 nitrogen and oxygen atoms in total. The molecule has 1 rings (SSSR count). The van der Waals surface area contributed by atoms with E-state index >= 15 is 0 Å². The number of ether oxygens (including phenoxy) is 3. The van der Waals surface area contributed by atoms with E-state index < -0.39 is 68.6 Å². The summed E-state index contributed by atoms with van der Waals surface area (Å²) < 4.78 is 194. The molecule has 0 aliphatic carbocycles. The van der Waals surface area contributed by atoms with Gasteiger partial charge in [0.2, 0.25) is 0 Å². The van der Waals surface area contributed by atoms with Crippen LogP contribution in [0.5, 0.6) is 5.75 Å². The topological polar surface area (TPSA) is 27.7 Å². The van der Waals surface area contributed by atoms with Crippen molar-refractivity contribution in [1.82, 2.24) is 0 Å². The highest BCUT2D eigenvalue weighted by Gasteiger charge is 2.74. The molecular formula is C26H32F14O3. The maximum Gasteiger partial charge on any atom is 0.459 e. The molecule has 0 atom stereocenters. The van der Waals surface area contributed by atoms with Gasteiger partial charge < -0.3 is 14.2 Å². The minimum atomic E-state index is -6.66. The van der Waals surface area contributed by atoms with Crippen LogP contribution in [0.4, 0.5) is 61.5 Å². The van der Waals surface area contributed by atoms with E-state index in [-0.39, 0.29) is 5.75 Å². The minimum absolute atomic E-state index is 0.139. The Bertz CT molecular complexity index is 887. The number of halogens is 14. The molecule has 0 aliphatic rings. The maximum absolute atomic E-state index is 13.5. The summed E-state index contributed by atoms with van der Waals surface area (Å²) in [5.41, 5.74) is 0.813. The fourth-order valence-corrected chi connectivity index (χ4v) is 3.56. The zero-order chi connectivity index (χ0) is 33.2. The van der Waals surface area contributed by atoms with Crippen molar-refractivity contribution in [3.8, 4) is 5.75 Å². The highest BCUT2D eigenvalue weighted by atomic mass is 19.4. The van der Waals surface area contributed by atoms with Crippen molar-refractivity contribution in [3.05, 3.63) is 29.8 Å². The summed E-state index contributed by atoms with van der Waals surface area (Å²) in [4.78, 5) is 0. The SMILES string of the molecule is CCCCCCCCCc1ccc(OC(COCC(F)(F)C(F)(F)C(F)(F)F)COCC(F)(F)C(F)(F)C(F)(F)F)cc1. The van der Waals surface area contributed by atoms with Gasteiger partial charge in [-0.3, -0.25) is 0 Å². The highest BCUT2D eigenvalue weighted by molar-refractivity contribution is 5.27. The summed E-state index contributed by atoms with van der Waals surface area (Å²) in [5.74, 6) is -24.8.